The van der Waals surface area contributed by atoms with Crippen molar-refractivity contribution in [2.45, 2.75) is 24.8 Å². The molecular formula is C18H20F3N7O. The lowest BCUT2D eigenvalue weighted by Crippen LogP contribution is -2.45. The first-order chi connectivity index (χ1) is 13.7. The van der Waals surface area contributed by atoms with E-state index in [0.717, 1.165) is 6.20 Å². The second-order valence-electron chi connectivity index (χ2n) is 8.22. The lowest BCUT2D eigenvalue weighted by Gasteiger charge is -2.25. The fraction of sp³-hybridized carbons (Fsp3) is 0.556. The van der Waals surface area contributed by atoms with Crippen molar-refractivity contribution in [1.82, 2.24) is 25.1 Å². The van der Waals surface area contributed by atoms with E-state index in [1.807, 2.05) is 6.92 Å². The van der Waals surface area contributed by atoms with Gasteiger partial charge in [-0.25, -0.2) is 18.2 Å². The number of aromatic nitrogens is 4. The van der Waals surface area contributed by atoms with Crippen LogP contribution in [0.1, 0.15) is 13.3 Å². The third kappa shape index (κ3) is 2.90. The van der Waals surface area contributed by atoms with Crippen molar-refractivity contribution < 1.29 is 18.0 Å². The van der Waals surface area contributed by atoms with Crippen LogP contribution in [0.3, 0.4) is 0 Å². The molecule has 8 nitrogen and oxygen atoms in total. The highest BCUT2D eigenvalue weighted by molar-refractivity contribution is 5.84. The topological polar surface area (TPSA) is 88.0 Å². The molecule has 4 atom stereocenters. The number of nitrogens with zero attached hydrogens (tertiary/aromatic N) is 5. The summed E-state index contributed by atoms with van der Waals surface area (Å²) in [7, 11) is 1.77. The number of anilines is 3. The zero-order valence-corrected chi connectivity index (χ0v) is 15.9. The highest BCUT2D eigenvalue weighted by atomic mass is 19.3. The molecule has 1 unspecified atom stereocenters. The number of aryl methyl sites for hydroxylation is 1. The van der Waals surface area contributed by atoms with Crippen LogP contribution in [-0.2, 0) is 11.8 Å². The molecule has 5 rings (SSSR count). The number of hydrogen-bond acceptors (Lipinski definition) is 6. The summed E-state index contributed by atoms with van der Waals surface area (Å²) in [6.07, 6.45) is 4.01. The first kappa shape index (κ1) is 18.2. The smallest absolute Gasteiger partial charge is 0.260 e. The number of alkyl halides is 2. The molecule has 1 saturated heterocycles. The summed E-state index contributed by atoms with van der Waals surface area (Å²) in [6.45, 7) is 2.78. The molecule has 3 heterocycles. The molecule has 11 heteroatoms. The molecule has 0 spiro atoms. The number of amides is 1. The van der Waals surface area contributed by atoms with Crippen LogP contribution in [0.25, 0.3) is 0 Å². The minimum Gasteiger partial charge on any atom is -0.351 e. The fourth-order valence-electron chi connectivity index (χ4n) is 4.40. The van der Waals surface area contributed by atoms with Crippen LogP contribution < -0.4 is 15.5 Å². The summed E-state index contributed by atoms with van der Waals surface area (Å²) < 4.78 is 42.5. The maximum atomic E-state index is 14.4. The molecule has 2 aliphatic carbocycles. The Kier molecular flexibility index (Phi) is 3.66. The molecule has 2 saturated carbocycles. The molecule has 0 bridgehead atoms. The van der Waals surface area contributed by atoms with Crippen LogP contribution in [0, 0.1) is 23.6 Å². The zero-order valence-electron chi connectivity index (χ0n) is 15.9. The SMILES string of the molecule is C[C@H]1C2CN(c3nc(Nc4cnn(C)c4)ncc3F)C[C@]21NC(=O)[C@@H]1CC1(F)F. The van der Waals surface area contributed by atoms with Gasteiger partial charge in [0.2, 0.25) is 11.9 Å². The van der Waals surface area contributed by atoms with Crippen molar-refractivity contribution in [1.29, 1.82) is 0 Å². The minimum absolute atomic E-state index is 0.0721. The van der Waals surface area contributed by atoms with Gasteiger partial charge in [-0.05, 0) is 5.92 Å². The molecule has 1 aliphatic heterocycles. The second kappa shape index (κ2) is 5.83. The van der Waals surface area contributed by atoms with Crippen molar-refractivity contribution in [3.8, 4) is 0 Å². The van der Waals surface area contributed by atoms with Gasteiger partial charge in [-0.2, -0.15) is 10.1 Å². The lowest BCUT2D eigenvalue weighted by molar-refractivity contribution is -0.125. The predicted molar refractivity (Wildman–Crippen MR) is 97.3 cm³/mol. The molecular weight excluding hydrogens is 387 g/mol. The Morgan fingerprint density at radius 1 is 1.34 bits per heavy atom. The van der Waals surface area contributed by atoms with Crippen LogP contribution in [-0.4, -0.2) is 50.2 Å². The van der Waals surface area contributed by atoms with Gasteiger partial charge in [0.1, 0.15) is 5.92 Å². The number of carbonyl (C=O) groups is 1. The molecule has 3 fully saturated rings. The van der Waals surface area contributed by atoms with Gasteiger partial charge in [0.15, 0.2) is 11.6 Å². The van der Waals surface area contributed by atoms with Crippen molar-refractivity contribution in [2.75, 3.05) is 23.3 Å². The van der Waals surface area contributed by atoms with E-state index in [-0.39, 0.29) is 23.6 Å². The van der Waals surface area contributed by atoms with Gasteiger partial charge >= 0.3 is 0 Å². The Bertz CT molecular complexity index is 996. The Labute approximate surface area is 164 Å². The van der Waals surface area contributed by atoms with Crippen LogP contribution in [0.15, 0.2) is 18.6 Å². The van der Waals surface area contributed by atoms with Crippen molar-refractivity contribution >= 4 is 23.4 Å². The number of fused-ring (bicyclic) bond motifs is 1. The van der Waals surface area contributed by atoms with E-state index in [0.29, 0.717) is 18.8 Å². The zero-order chi connectivity index (χ0) is 20.6. The monoisotopic (exact) mass is 407 g/mol. The van der Waals surface area contributed by atoms with Crippen LogP contribution >= 0.6 is 0 Å². The summed E-state index contributed by atoms with van der Waals surface area (Å²) >= 11 is 0. The number of nitrogens with one attached hydrogen (secondary N) is 2. The van der Waals surface area contributed by atoms with Crippen molar-refractivity contribution in [3.05, 3.63) is 24.4 Å². The Morgan fingerprint density at radius 3 is 2.76 bits per heavy atom. The highest BCUT2D eigenvalue weighted by Gasteiger charge is 2.70. The Hall–Kier alpha value is -2.85. The molecule has 1 amide bonds. The number of rotatable bonds is 5. The minimum atomic E-state index is -2.90. The Morgan fingerprint density at radius 2 is 2.10 bits per heavy atom. The van der Waals surface area contributed by atoms with Gasteiger partial charge in [0, 0.05) is 38.7 Å². The summed E-state index contributed by atoms with van der Waals surface area (Å²) in [6, 6.07) is 0. The van der Waals surface area contributed by atoms with Crippen LogP contribution in [0.2, 0.25) is 0 Å². The number of hydrogen-bond donors (Lipinski definition) is 2. The molecule has 154 valence electrons. The standard InChI is InChI=1S/C18H20F3N7O/c1-9-12-7-28(8-17(9,12)26-15(29)11-3-18(11,20)21)14-13(19)5-22-16(25-14)24-10-4-23-27(2)6-10/h4-6,9,11-12H,3,7-8H2,1-2H3,(H,26,29)(H,22,24,25)/t9-,11-,12?,17+/m0/s1. The molecule has 2 aromatic heterocycles. The largest absolute Gasteiger partial charge is 0.351 e. The average molecular weight is 407 g/mol. The van der Waals surface area contributed by atoms with E-state index in [2.05, 4.69) is 25.7 Å². The maximum Gasteiger partial charge on any atom is 0.260 e. The maximum absolute atomic E-state index is 14.4. The molecule has 2 N–H and O–H groups in total. The normalized spacial score (nSPS) is 31.3. The van der Waals surface area contributed by atoms with Gasteiger partial charge < -0.3 is 15.5 Å². The average Bonchev–Trinajstić information content (AvgIpc) is 3.24. The first-order valence-corrected chi connectivity index (χ1v) is 9.42. The van der Waals surface area contributed by atoms with Gasteiger partial charge in [-0.3, -0.25) is 9.48 Å². The van der Waals surface area contributed by atoms with E-state index >= 15 is 0 Å². The Balaban J connectivity index is 1.32. The van der Waals surface area contributed by atoms with Gasteiger partial charge in [-0.1, -0.05) is 6.92 Å². The second-order valence-corrected chi connectivity index (χ2v) is 8.22. The molecule has 3 aliphatic rings. The van der Waals surface area contributed by atoms with Crippen LogP contribution in [0.5, 0.6) is 0 Å². The molecule has 0 radical (unpaired) electrons. The molecule has 0 aromatic carbocycles. The number of halogens is 3. The molecule has 29 heavy (non-hydrogen) atoms. The number of piperidine rings is 1. The summed E-state index contributed by atoms with van der Waals surface area (Å²) in [5.74, 6) is -4.78. The first-order valence-electron chi connectivity index (χ1n) is 9.42. The lowest BCUT2D eigenvalue weighted by atomic mass is 10.2. The summed E-state index contributed by atoms with van der Waals surface area (Å²) in [5.41, 5.74) is 0.0569. The summed E-state index contributed by atoms with van der Waals surface area (Å²) in [4.78, 5) is 22.2. The van der Waals surface area contributed by atoms with Crippen molar-refractivity contribution in [3.63, 3.8) is 0 Å². The fourth-order valence-corrected chi connectivity index (χ4v) is 4.40. The van der Waals surface area contributed by atoms with Crippen LogP contribution in [0.4, 0.5) is 30.6 Å². The van der Waals surface area contributed by atoms with Gasteiger partial charge in [-0.15, -0.1) is 0 Å². The highest BCUT2D eigenvalue weighted by Crippen LogP contribution is 2.57. The quantitative estimate of drug-likeness (QED) is 0.784. The van der Waals surface area contributed by atoms with E-state index in [4.69, 9.17) is 0 Å². The third-order valence-electron chi connectivity index (χ3n) is 6.32. The molecule has 2 aromatic rings. The predicted octanol–water partition coefficient (Wildman–Crippen LogP) is 1.69. The van der Waals surface area contributed by atoms with Crippen molar-refractivity contribution in [2.24, 2.45) is 24.8 Å². The third-order valence-corrected chi connectivity index (χ3v) is 6.32. The van der Waals surface area contributed by atoms with Gasteiger partial charge in [0.05, 0.1) is 23.6 Å². The number of carbonyl (C=O) groups excluding carboxylic acids is 1. The van der Waals surface area contributed by atoms with E-state index < -0.39 is 35.5 Å². The summed E-state index contributed by atoms with van der Waals surface area (Å²) in [5, 5.41) is 9.83. The van der Waals surface area contributed by atoms with E-state index in [1.165, 1.54) is 0 Å². The van der Waals surface area contributed by atoms with E-state index in [1.54, 1.807) is 29.0 Å². The van der Waals surface area contributed by atoms with E-state index in [9.17, 15) is 18.0 Å². The van der Waals surface area contributed by atoms with Gasteiger partial charge in [0.25, 0.3) is 5.92 Å².